The van der Waals surface area contributed by atoms with Gasteiger partial charge in [-0.1, -0.05) is 35.2 Å². The van der Waals surface area contributed by atoms with Crippen molar-refractivity contribution in [3.05, 3.63) is 82.8 Å². The van der Waals surface area contributed by atoms with E-state index < -0.39 is 0 Å². The predicted octanol–water partition coefficient (Wildman–Crippen LogP) is 3.66. The van der Waals surface area contributed by atoms with Gasteiger partial charge in [0, 0.05) is 42.1 Å². The number of rotatable bonds is 8. The number of thiazole rings is 1. The highest BCUT2D eigenvalue weighted by molar-refractivity contribution is 8.01. The average Bonchev–Trinajstić information content (AvgIpc) is 3.38. The van der Waals surface area contributed by atoms with Crippen LogP contribution in [0.1, 0.15) is 15.9 Å². The molecule has 0 spiro atoms. The average molecular weight is 453 g/mol. The first-order chi connectivity index (χ1) is 15.1. The van der Waals surface area contributed by atoms with Crippen LogP contribution < -0.4 is 16.3 Å². The molecule has 8 nitrogen and oxygen atoms in total. The largest absolute Gasteiger partial charge is 0.350 e. The van der Waals surface area contributed by atoms with Crippen molar-refractivity contribution in [2.75, 3.05) is 11.9 Å². The molecule has 3 heterocycles. The highest BCUT2D eigenvalue weighted by Gasteiger charge is 2.12. The summed E-state index contributed by atoms with van der Waals surface area (Å²) in [6.45, 7) is 2.68. The Hall–Kier alpha value is -3.37. The maximum Gasteiger partial charge on any atom is 0.325 e. The lowest BCUT2D eigenvalue weighted by molar-refractivity contribution is 0.0951. The number of carbonyl (C=O) groups is 1. The molecule has 4 aromatic rings. The third-order valence-electron chi connectivity index (χ3n) is 4.42. The lowest BCUT2D eigenvalue weighted by Crippen LogP contribution is -2.30. The number of hydrogen-bond donors (Lipinski definition) is 3. The first-order valence-corrected chi connectivity index (χ1v) is 11.2. The molecule has 0 bridgehead atoms. The van der Waals surface area contributed by atoms with Crippen LogP contribution in [-0.4, -0.2) is 32.0 Å². The summed E-state index contributed by atoms with van der Waals surface area (Å²) in [4.78, 5) is 36.3. The maximum absolute atomic E-state index is 12.6. The van der Waals surface area contributed by atoms with Gasteiger partial charge in [-0.3, -0.25) is 9.36 Å². The fourth-order valence-corrected chi connectivity index (χ4v) is 4.75. The van der Waals surface area contributed by atoms with E-state index in [2.05, 4.69) is 25.6 Å². The van der Waals surface area contributed by atoms with Crippen molar-refractivity contribution < 1.29 is 4.79 Å². The van der Waals surface area contributed by atoms with Crippen LogP contribution in [-0.2, 0) is 6.54 Å². The molecule has 0 fully saturated rings. The molecular formula is C21H20N6O2S2. The van der Waals surface area contributed by atoms with Crippen molar-refractivity contribution in [1.82, 2.24) is 24.8 Å². The van der Waals surface area contributed by atoms with Gasteiger partial charge in [-0.05, 0) is 36.8 Å². The molecule has 3 N–H and O–H groups in total. The minimum absolute atomic E-state index is 0.162. The standard InChI is InChI=1S/C21H20N6O2S2/c1-14-5-6-15(12-16(14)19(28)23-8-10-27-11-9-24-21(27)29)30-18-13-25-20(31-18)26-17-4-2-3-7-22-17/h2-7,9,11-13H,8,10H2,1H3,(H,23,28)(H,24,29)(H,22,25,26). The molecule has 10 heteroatoms. The topological polar surface area (TPSA) is 105 Å². The maximum atomic E-state index is 12.6. The number of pyridine rings is 1. The third-order valence-corrected chi connectivity index (χ3v) is 6.42. The van der Waals surface area contributed by atoms with Crippen molar-refractivity contribution in [3.63, 3.8) is 0 Å². The van der Waals surface area contributed by atoms with Gasteiger partial charge in [-0.15, -0.1) is 0 Å². The molecule has 0 saturated carbocycles. The van der Waals surface area contributed by atoms with Crippen LogP contribution in [0.3, 0.4) is 0 Å². The molecule has 0 aliphatic heterocycles. The van der Waals surface area contributed by atoms with E-state index in [1.165, 1.54) is 15.9 Å². The number of imidazole rings is 1. The number of amides is 1. The Balaban J connectivity index is 1.39. The molecule has 3 aromatic heterocycles. The quantitative estimate of drug-likeness (QED) is 0.377. The lowest BCUT2D eigenvalue weighted by Gasteiger charge is -2.09. The van der Waals surface area contributed by atoms with Crippen LogP contribution in [0.2, 0.25) is 0 Å². The first kappa shape index (κ1) is 20.9. The Kier molecular flexibility index (Phi) is 6.48. The Morgan fingerprint density at radius 3 is 2.94 bits per heavy atom. The summed E-state index contributed by atoms with van der Waals surface area (Å²) >= 11 is 3.07. The minimum Gasteiger partial charge on any atom is -0.350 e. The zero-order chi connectivity index (χ0) is 21.6. The predicted molar refractivity (Wildman–Crippen MR) is 122 cm³/mol. The number of anilines is 2. The van der Waals surface area contributed by atoms with Crippen LogP contribution in [0.25, 0.3) is 0 Å². The molecule has 4 rings (SSSR count). The summed E-state index contributed by atoms with van der Waals surface area (Å²) in [5.74, 6) is 0.579. The van der Waals surface area contributed by atoms with Gasteiger partial charge >= 0.3 is 5.69 Å². The molecule has 0 aliphatic rings. The van der Waals surface area contributed by atoms with E-state index in [0.29, 0.717) is 18.7 Å². The summed E-state index contributed by atoms with van der Waals surface area (Å²) in [6, 6.07) is 11.5. The van der Waals surface area contributed by atoms with E-state index in [9.17, 15) is 9.59 Å². The number of aromatic nitrogens is 4. The van der Waals surface area contributed by atoms with Gasteiger partial charge in [0.05, 0.1) is 10.4 Å². The fraction of sp³-hybridized carbons (Fsp3) is 0.143. The number of aromatic amines is 1. The first-order valence-electron chi connectivity index (χ1n) is 9.53. The van der Waals surface area contributed by atoms with Crippen molar-refractivity contribution in [2.24, 2.45) is 0 Å². The minimum atomic E-state index is -0.190. The Morgan fingerprint density at radius 2 is 2.16 bits per heavy atom. The number of nitrogens with one attached hydrogen (secondary N) is 3. The van der Waals surface area contributed by atoms with E-state index in [-0.39, 0.29) is 11.6 Å². The summed E-state index contributed by atoms with van der Waals surface area (Å²) in [5, 5.41) is 6.81. The van der Waals surface area contributed by atoms with Crippen LogP contribution in [0.5, 0.6) is 0 Å². The van der Waals surface area contributed by atoms with Gasteiger partial charge in [0.25, 0.3) is 5.91 Å². The monoisotopic (exact) mass is 452 g/mol. The molecule has 1 aromatic carbocycles. The van der Waals surface area contributed by atoms with Crippen molar-refractivity contribution in [1.29, 1.82) is 0 Å². The summed E-state index contributed by atoms with van der Waals surface area (Å²) in [6.07, 6.45) is 6.75. The van der Waals surface area contributed by atoms with E-state index >= 15 is 0 Å². The van der Waals surface area contributed by atoms with Gasteiger partial charge in [-0.2, -0.15) is 0 Å². The van der Waals surface area contributed by atoms with Crippen molar-refractivity contribution in [2.45, 2.75) is 22.6 Å². The third kappa shape index (κ3) is 5.41. The summed E-state index contributed by atoms with van der Waals surface area (Å²) < 4.78 is 2.51. The zero-order valence-electron chi connectivity index (χ0n) is 16.7. The van der Waals surface area contributed by atoms with Crippen LogP contribution in [0.4, 0.5) is 10.9 Å². The summed E-state index contributed by atoms with van der Waals surface area (Å²) in [5.41, 5.74) is 1.32. The number of carbonyl (C=O) groups excluding carboxylic acids is 1. The molecule has 0 aliphatic carbocycles. The number of H-pyrrole nitrogens is 1. The van der Waals surface area contributed by atoms with E-state index in [1.54, 1.807) is 36.5 Å². The smallest absolute Gasteiger partial charge is 0.325 e. The number of aryl methyl sites for hydroxylation is 1. The lowest BCUT2D eigenvalue weighted by atomic mass is 10.1. The molecule has 1 amide bonds. The van der Waals surface area contributed by atoms with Crippen molar-refractivity contribution >= 4 is 40.0 Å². The Labute approximate surface area is 186 Å². The molecule has 0 saturated heterocycles. The second kappa shape index (κ2) is 9.63. The van der Waals surface area contributed by atoms with Crippen LogP contribution in [0.15, 0.2) is 75.1 Å². The Bertz CT molecular complexity index is 1230. The van der Waals surface area contributed by atoms with Gasteiger partial charge in [0.1, 0.15) is 5.82 Å². The van der Waals surface area contributed by atoms with E-state index in [4.69, 9.17) is 0 Å². The van der Waals surface area contributed by atoms with E-state index in [1.807, 2.05) is 43.3 Å². The molecule has 31 heavy (non-hydrogen) atoms. The van der Waals surface area contributed by atoms with Gasteiger partial charge in [0.15, 0.2) is 5.13 Å². The van der Waals surface area contributed by atoms with Gasteiger partial charge < -0.3 is 15.6 Å². The summed E-state index contributed by atoms with van der Waals surface area (Å²) in [7, 11) is 0. The number of nitrogens with zero attached hydrogens (tertiary/aromatic N) is 3. The number of benzene rings is 1. The van der Waals surface area contributed by atoms with Crippen LogP contribution in [0, 0.1) is 6.92 Å². The second-order valence-electron chi connectivity index (χ2n) is 6.62. The molecule has 0 unspecified atom stereocenters. The SMILES string of the molecule is Cc1ccc(Sc2cnc(Nc3ccccn3)s2)cc1C(=O)NCCn1cc[nH]c1=O. The molecule has 0 radical (unpaired) electrons. The van der Waals surface area contributed by atoms with E-state index in [0.717, 1.165) is 25.6 Å². The number of hydrogen-bond acceptors (Lipinski definition) is 7. The molecule has 158 valence electrons. The highest BCUT2D eigenvalue weighted by atomic mass is 32.2. The normalized spacial score (nSPS) is 10.7. The van der Waals surface area contributed by atoms with Crippen molar-refractivity contribution in [3.8, 4) is 0 Å². The highest BCUT2D eigenvalue weighted by Crippen LogP contribution is 2.35. The fourth-order valence-electron chi connectivity index (χ4n) is 2.85. The molecular weight excluding hydrogens is 432 g/mol. The Morgan fingerprint density at radius 1 is 1.26 bits per heavy atom. The molecule has 0 atom stereocenters. The second-order valence-corrected chi connectivity index (χ2v) is 9.02. The van der Waals surface area contributed by atoms with Crippen LogP contribution >= 0.6 is 23.1 Å². The van der Waals surface area contributed by atoms with Gasteiger partial charge in [-0.25, -0.2) is 14.8 Å². The van der Waals surface area contributed by atoms with Gasteiger partial charge in [0.2, 0.25) is 0 Å². The zero-order valence-corrected chi connectivity index (χ0v) is 18.3.